The molecule has 45 heavy (non-hydrogen) atoms. The third-order valence-electron chi connectivity index (χ3n) is 10.4. The van der Waals surface area contributed by atoms with Crippen molar-refractivity contribution in [3.8, 4) is 0 Å². The van der Waals surface area contributed by atoms with Gasteiger partial charge in [-0.05, 0) is 61.9 Å². The summed E-state index contributed by atoms with van der Waals surface area (Å²) in [5.41, 5.74) is 4.51. The number of aromatic nitrogens is 4. The number of amides is 2. The Morgan fingerprint density at radius 1 is 1.07 bits per heavy atom. The van der Waals surface area contributed by atoms with Gasteiger partial charge in [-0.2, -0.15) is 0 Å². The van der Waals surface area contributed by atoms with E-state index in [0.29, 0.717) is 48.7 Å². The third kappa shape index (κ3) is 4.48. The van der Waals surface area contributed by atoms with Crippen molar-refractivity contribution >= 4 is 17.6 Å². The van der Waals surface area contributed by atoms with E-state index in [1.54, 1.807) is 24.5 Å². The van der Waals surface area contributed by atoms with E-state index >= 15 is 4.39 Å². The number of hydrogen-bond donors (Lipinski definition) is 2. The van der Waals surface area contributed by atoms with Crippen LogP contribution in [-0.2, 0) is 29.6 Å². The number of fused-ring (bicyclic) bond motifs is 4. The molecule has 3 atom stereocenters. The van der Waals surface area contributed by atoms with Gasteiger partial charge in [0.25, 0.3) is 5.91 Å². The predicted octanol–water partition coefficient (Wildman–Crippen LogP) is 5.95. The van der Waals surface area contributed by atoms with Gasteiger partial charge in [-0.1, -0.05) is 37.5 Å². The molecule has 4 aliphatic rings. The highest BCUT2D eigenvalue weighted by Gasteiger charge is 2.51. The fourth-order valence-electron chi connectivity index (χ4n) is 8.31. The first-order chi connectivity index (χ1) is 21.8. The minimum absolute atomic E-state index is 0.103. The van der Waals surface area contributed by atoms with Crippen molar-refractivity contribution in [1.82, 2.24) is 24.8 Å². The van der Waals surface area contributed by atoms with Gasteiger partial charge < -0.3 is 15.2 Å². The highest BCUT2D eigenvalue weighted by molar-refractivity contribution is 6.06. The van der Waals surface area contributed by atoms with Crippen molar-refractivity contribution in [2.75, 3.05) is 5.32 Å². The second kappa shape index (κ2) is 10.6. The van der Waals surface area contributed by atoms with Gasteiger partial charge in [-0.3, -0.25) is 14.6 Å². The summed E-state index contributed by atoms with van der Waals surface area (Å²) < 4.78 is 31.7. The van der Waals surface area contributed by atoms with E-state index < -0.39 is 23.1 Å². The molecule has 230 valence electrons. The van der Waals surface area contributed by atoms with Crippen LogP contribution in [0, 0.1) is 18.6 Å². The molecule has 1 spiro atoms. The minimum atomic E-state index is -0.871. The first-order valence-electron chi connectivity index (χ1n) is 15.9. The molecule has 5 heterocycles. The van der Waals surface area contributed by atoms with Crippen LogP contribution in [0.2, 0.25) is 0 Å². The number of nitrogens with zero attached hydrogens (tertiary/aromatic N) is 4. The van der Waals surface area contributed by atoms with Crippen LogP contribution < -0.4 is 10.6 Å². The molecule has 2 N–H and O–H groups in total. The maximum absolute atomic E-state index is 15.1. The highest BCUT2D eigenvalue weighted by Crippen LogP contribution is 2.46. The lowest BCUT2D eigenvalue weighted by atomic mass is 9.80. The minimum Gasteiger partial charge on any atom is -0.342 e. The first-order valence-corrected chi connectivity index (χ1v) is 15.9. The fourth-order valence-corrected chi connectivity index (χ4v) is 8.31. The zero-order chi connectivity index (χ0) is 30.9. The Morgan fingerprint density at radius 3 is 2.76 bits per heavy atom. The lowest BCUT2D eigenvalue weighted by Crippen LogP contribution is -2.36. The van der Waals surface area contributed by atoms with Gasteiger partial charge in [-0.15, -0.1) is 0 Å². The van der Waals surface area contributed by atoms with Gasteiger partial charge in [0, 0.05) is 54.1 Å². The molecule has 8 rings (SSSR count). The van der Waals surface area contributed by atoms with Crippen LogP contribution in [0.5, 0.6) is 0 Å². The number of imidazole rings is 1. The van der Waals surface area contributed by atoms with Crippen LogP contribution in [0.1, 0.15) is 106 Å². The fraction of sp³-hybridized carbons (Fsp3) is 0.400. The third-order valence-corrected chi connectivity index (χ3v) is 10.4. The van der Waals surface area contributed by atoms with Crippen molar-refractivity contribution in [3.05, 3.63) is 106 Å². The van der Waals surface area contributed by atoms with Gasteiger partial charge >= 0.3 is 0 Å². The summed E-state index contributed by atoms with van der Waals surface area (Å²) in [6.07, 6.45) is 10.2. The molecule has 3 aromatic heterocycles. The van der Waals surface area contributed by atoms with Gasteiger partial charge in [0.2, 0.25) is 5.91 Å². The second-order valence-corrected chi connectivity index (χ2v) is 13.1. The molecule has 1 unspecified atom stereocenters. The van der Waals surface area contributed by atoms with Crippen LogP contribution in [0.3, 0.4) is 0 Å². The van der Waals surface area contributed by atoms with Crippen LogP contribution in [-0.4, -0.2) is 31.3 Å². The monoisotopic (exact) mass is 608 g/mol. The zero-order valence-corrected chi connectivity index (χ0v) is 25.1. The van der Waals surface area contributed by atoms with Gasteiger partial charge in [0.1, 0.15) is 11.6 Å². The van der Waals surface area contributed by atoms with Gasteiger partial charge in [-0.25, -0.2) is 18.7 Å². The van der Waals surface area contributed by atoms with Crippen molar-refractivity contribution in [2.45, 2.75) is 88.1 Å². The number of hydrogen-bond acceptors (Lipinski definition) is 5. The number of pyridine rings is 2. The SMILES string of the molecule is Cc1nc2n(c1C1CCCCC1)C[C@H](c1cccc(F)c1F)C[C@@H]2NC(=O)c1cnc2c(c1)CC1(C2)C(=O)Nc2ncccc21. The summed E-state index contributed by atoms with van der Waals surface area (Å²) in [5, 5.41) is 6.08. The molecule has 0 radical (unpaired) electrons. The number of nitrogens with one attached hydrogen (secondary N) is 2. The zero-order valence-electron chi connectivity index (χ0n) is 25.1. The number of halogens is 2. The number of carbonyl (C=O) groups is 2. The Morgan fingerprint density at radius 2 is 1.91 bits per heavy atom. The smallest absolute Gasteiger partial charge is 0.253 e. The molecule has 1 aromatic carbocycles. The molecule has 0 saturated heterocycles. The maximum atomic E-state index is 15.1. The second-order valence-electron chi connectivity index (χ2n) is 13.1. The van der Waals surface area contributed by atoms with Gasteiger partial charge in [0.15, 0.2) is 11.6 Å². The molecule has 0 bridgehead atoms. The Balaban J connectivity index is 1.11. The molecule has 4 aromatic rings. The average molecular weight is 609 g/mol. The van der Waals surface area contributed by atoms with Crippen LogP contribution >= 0.6 is 0 Å². The van der Waals surface area contributed by atoms with E-state index in [9.17, 15) is 14.0 Å². The van der Waals surface area contributed by atoms with Crippen LogP contribution in [0.25, 0.3) is 0 Å². The summed E-state index contributed by atoms with van der Waals surface area (Å²) in [4.78, 5) is 40.9. The molecular formula is C35H34F2N6O2. The van der Waals surface area contributed by atoms with E-state index in [4.69, 9.17) is 4.98 Å². The Bertz CT molecular complexity index is 1860. The van der Waals surface area contributed by atoms with Crippen molar-refractivity contribution < 1.29 is 18.4 Å². The molecule has 2 amide bonds. The Kier molecular flexibility index (Phi) is 6.58. The number of anilines is 1. The van der Waals surface area contributed by atoms with Crippen LogP contribution in [0.15, 0.2) is 48.8 Å². The molecule has 1 fully saturated rings. The number of rotatable bonds is 4. The van der Waals surface area contributed by atoms with E-state index in [1.807, 2.05) is 25.1 Å². The lowest BCUT2D eigenvalue weighted by molar-refractivity contribution is -0.120. The summed E-state index contributed by atoms with van der Waals surface area (Å²) >= 11 is 0. The van der Waals surface area contributed by atoms with E-state index in [2.05, 4.69) is 25.2 Å². The van der Waals surface area contributed by atoms with E-state index in [0.717, 1.165) is 65.8 Å². The Labute approximate surface area is 259 Å². The maximum Gasteiger partial charge on any atom is 0.253 e. The first kappa shape index (κ1) is 28.0. The molecule has 2 aliphatic carbocycles. The number of benzene rings is 1. The number of aryl methyl sites for hydroxylation is 1. The standard InChI is InChI=1S/C35H34F2N6O2/c1-19-30(20-7-3-2-4-8-20)43-18-23(24-9-5-11-26(36)29(24)37)14-27(32(43)40-19)41-33(44)22-13-21-15-35(16-28(21)39-17-22)25-10-6-12-38-31(25)42-34(35)45/h5-6,9-13,17,20,23,27H,2-4,7-8,14-16,18H2,1H3,(H,41,44)(H,38,42,45)/t23-,27+,35?/m1/s1. The van der Waals surface area contributed by atoms with Crippen molar-refractivity contribution in [1.29, 1.82) is 0 Å². The quantitative estimate of drug-likeness (QED) is 0.298. The topological polar surface area (TPSA) is 102 Å². The van der Waals surface area contributed by atoms with Gasteiger partial charge in [0.05, 0.1) is 22.7 Å². The molecular weight excluding hydrogens is 574 g/mol. The molecule has 10 heteroatoms. The summed E-state index contributed by atoms with van der Waals surface area (Å²) in [5.74, 6) is -0.783. The van der Waals surface area contributed by atoms with Crippen LogP contribution in [0.4, 0.5) is 14.6 Å². The van der Waals surface area contributed by atoms with E-state index in [1.165, 1.54) is 6.42 Å². The van der Waals surface area contributed by atoms with Crippen molar-refractivity contribution in [3.63, 3.8) is 0 Å². The summed E-state index contributed by atoms with van der Waals surface area (Å²) in [6.45, 7) is 2.49. The Hall–Kier alpha value is -4.47. The average Bonchev–Trinajstić information content (AvgIpc) is 3.69. The van der Waals surface area contributed by atoms with Crippen molar-refractivity contribution in [2.24, 2.45) is 0 Å². The molecule has 8 nitrogen and oxygen atoms in total. The molecule has 1 saturated carbocycles. The summed E-state index contributed by atoms with van der Waals surface area (Å²) in [7, 11) is 0. The van der Waals surface area contributed by atoms with E-state index in [-0.39, 0.29) is 17.7 Å². The summed E-state index contributed by atoms with van der Waals surface area (Å²) in [6, 6.07) is 9.39. The largest absolute Gasteiger partial charge is 0.342 e. The highest BCUT2D eigenvalue weighted by atomic mass is 19.2. The number of carbonyl (C=O) groups excluding carboxylic acids is 2. The lowest BCUT2D eigenvalue weighted by Gasteiger charge is -2.34. The predicted molar refractivity (Wildman–Crippen MR) is 163 cm³/mol. The normalized spacial score (nSPS) is 23.8. The molecule has 2 aliphatic heterocycles.